The van der Waals surface area contributed by atoms with E-state index in [1.54, 1.807) is 55.5 Å². The quantitative estimate of drug-likeness (QED) is 0.322. The molecule has 0 fully saturated rings. The average molecular weight is 565 g/mol. The summed E-state index contributed by atoms with van der Waals surface area (Å²) in [5.41, 5.74) is 0.536. The molecule has 3 amide bonds. The number of aryl methyl sites for hydroxylation is 1. The standard InChI is InChI=1S/C30H36N4O7/c1-18-17-24(33-41-18)31-25(36)15-16-26(37)34(21-13-11-20(12-14-21)19(2)35)27(29(38)32-30(3,4)5)22-9-8-10-23(39-6)28(22)40-7/h8-14,17,27H,15-16H2,1-7H3,(H,32,38)(H,31,33,36). The zero-order valence-electron chi connectivity index (χ0n) is 24.4. The topological polar surface area (TPSA) is 140 Å². The van der Waals surface area contributed by atoms with Gasteiger partial charge in [0, 0.05) is 41.3 Å². The number of carbonyl (C=O) groups excluding carboxylic acids is 4. The summed E-state index contributed by atoms with van der Waals surface area (Å²) in [6.07, 6.45) is -0.418. The first-order valence-corrected chi connectivity index (χ1v) is 13.0. The van der Waals surface area contributed by atoms with Crippen LogP contribution in [0.5, 0.6) is 11.5 Å². The van der Waals surface area contributed by atoms with E-state index < -0.39 is 29.3 Å². The van der Waals surface area contributed by atoms with E-state index in [0.717, 1.165) is 0 Å². The van der Waals surface area contributed by atoms with Crippen LogP contribution in [-0.2, 0) is 14.4 Å². The summed E-state index contributed by atoms with van der Waals surface area (Å²) in [6, 6.07) is 11.8. The van der Waals surface area contributed by atoms with E-state index in [-0.39, 0.29) is 30.2 Å². The van der Waals surface area contributed by atoms with Crippen LogP contribution in [0.25, 0.3) is 0 Å². The highest BCUT2D eigenvalue weighted by molar-refractivity contribution is 6.04. The van der Waals surface area contributed by atoms with Crippen molar-refractivity contribution in [2.45, 2.75) is 59.0 Å². The van der Waals surface area contributed by atoms with Crippen LogP contribution in [0.1, 0.15) is 68.3 Å². The number of rotatable bonds is 11. The zero-order valence-corrected chi connectivity index (χ0v) is 24.4. The minimum Gasteiger partial charge on any atom is -0.493 e. The summed E-state index contributed by atoms with van der Waals surface area (Å²) in [5.74, 6) is -0.168. The third kappa shape index (κ3) is 7.93. The summed E-state index contributed by atoms with van der Waals surface area (Å²) >= 11 is 0. The van der Waals surface area contributed by atoms with Crippen LogP contribution < -0.4 is 25.0 Å². The molecule has 11 heteroatoms. The van der Waals surface area contributed by atoms with Gasteiger partial charge in [-0.25, -0.2) is 0 Å². The van der Waals surface area contributed by atoms with Crippen LogP contribution in [-0.4, -0.2) is 48.4 Å². The number of anilines is 2. The molecule has 1 heterocycles. The van der Waals surface area contributed by atoms with Gasteiger partial charge in [-0.15, -0.1) is 0 Å². The van der Waals surface area contributed by atoms with Gasteiger partial charge in [0.25, 0.3) is 0 Å². The Bertz CT molecular complexity index is 1410. The Morgan fingerprint density at radius 1 is 1.00 bits per heavy atom. The minimum absolute atomic E-state index is 0.148. The van der Waals surface area contributed by atoms with Gasteiger partial charge in [-0.3, -0.25) is 24.1 Å². The molecule has 2 aromatic carbocycles. The van der Waals surface area contributed by atoms with Gasteiger partial charge in [-0.2, -0.15) is 0 Å². The molecule has 0 bridgehead atoms. The van der Waals surface area contributed by atoms with Gasteiger partial charge < -0.3 is 24.6 Å². The molecule has 218 valence electrons. The molecule has 0 aliphatic carbocycles. The molecule has 3 rings (SSSR count). The van der Waals surface area contributed by atoms with Crippen molar-refractivity contribution < 1.29 is 33.2 Å². The van der Waals surface area contributed by atoms with Gasteiger partial charge in [0.15, 0.2) is 23.1 Å². The number of hydrogen-bond acceptors (Lipinski definition) is 8. The van der Waals surface area contributed by atoms with Crippen molar-refractivity contribution in [2.24, 2.45) is 0 Å². The Kier molecular flexibility index (Phi) is 9.88. The first kappa shape index (κ1) is 30.9. The number of aromatic nitrogens is 1. The van der Waals surface area contributed by atoms with Gasteiger partial charge in [0.1, 0.15) is 11.8 Å². The lowest BCUT2D eigenvalue weighted by molar-refractivity contribution is -0.128. The highest BCUT2D eigenvalue weighted by Crippen LogP contribution is 2.39. The normalized spacial score (nSPS) is 11.8. The van der Waals surface area contributed by atoms with E-state index >= 15 is 0 Å². The lowest BCUT2D eigenvalue weighted by atomic mass is 9.98. The molecule has 0 saturated heterocycles. The number of carbonyl (C=O) groups is 4. The first-order valence-electron chi connectivity index (χ1n) is 13.0. The summed E-state index contributed by atoms with van der Waals surface area (Å²) < 4.78 is 16.1. The fourth-order valence-corrected chi connectivity index (χ4v) is 4.23. The predicted molar refractivity (Wildman–Crippen MR) is 153 cm³/mol. The fourth-order valence-electron chi connectivity index (χ4n) is 4.23. The van der Waals surface area contributed by atoms with Crippen molar-refractivity contribution in [3.63, 3.8) is 0 Å². The minimum atomic E-state index is -1.21. The van der Waals surface area contributed by atoms with E-state index in [0.29, 0.717) is 28.3 Å². The second kappa shape index (κ2) is 13.1. The molecule has 0 aliphatic rings. The first-order chi connectivity index (χ1) is 19.3. The smallest absolute Gasteiger partial charge is 0.248 e. The number of para-hydroxylation sites is 1. The predicted octanol–water partition coefficient (Wildman–Crippen LogP) is 4.61. The van der Waals surface area contributed by atoms with Gasteiger partial charge in [0.05, 0.1) is 14.2 Å². The molecule has 1 unspecified atom stereocenters. The van der Waals surface area contributed by atoms with Crippen molar-refractivity contribution in [1.29, 1.82) is 0 Å². The van der Waals surface area contributed by atoms with E-state index in [1.165, 1.54) is 26.0 Å². The van der Waals surface area contributed by atoms with Gasteiger partial charge >= 0.3 is 0 Å². The number of nitrogens with one attached hydrogen (secondary N) is 2. The molecule has 1 aromatic heterocycles. The maximum atomic E-state index is 14.0. The Morgan fingerprint density at radius 2 is 1.68 bits per heavy atom. The maximum absolute atomic E-state index is 14.0. The van der Waals surface area contributed by atoms with E-state index in [2.05, 4.69) is 15.8 Å². The van der Waals surface area contributed by atoms with Crippen LogP contribution in [0.3, 0.4) is 0 Å². The molecule has 0 aliphatic heterocycles. The van der Waals surface area contributed by atoms with Crippen molar-refractivity contribution in [1.82, 2.24) is 10.5 Å². The molecule has 0 spiro atoms. The lowest BCUT2D eigenvalue weighted by Crippen LogP contribution is -2.49. The highest BCUT2D eigenvalue weighted by Gasteiger charge is 2.37. The molecule has 41 heavy (non-hydrogen) atoms. The summed E-state index contributed by atoms with van der Waals surface area (Å²) in [7, 11) is 2.92. The Hall–Kier alpha value is -4.67. The zero-order chi connectivity index (χ0) is 30.3. The average Bonchev–Trinajstić information content (AvgIpc) is 3.32. The van der Waals surface area contributed by atoms with Crippen LogP contribution in [0, 0.1) is 6.92 Å². The van der Waals surface area contributed by atoms with Gasteiger partial charge in [-0.1, -0.05) is 17.3 Å². The maximum Gasteiger partial charge on any atom is 0.248 e. The third-order valence-corrected chi connectivity index (χ3v) is 6.01. The SMILES string of the molecule is COc1cccc(C(C(=O)NC(C)(C)C)N(C(=O)CCC(=O)Nc2cc(C)on2)c2ccc(C(C)=O)cc2)c1OC. The Labute approximate surface area is 239 Å². The van der Waals surface area contributed by atoms with Crippen LogP contribution in [0.2, 0.25) is 0 Å². The van der Waals surface area contributed by atoms with E-state index in [9.17, 15) is 19.2 Å². The Morgan fingerprint density at radius 3 is 2.22 bits per heavy atom. The number of ether oxygens (including phenoxy) is 2. The fraction of sp³-hybridized carbons (Fsp3) is 0.367. The second-order valence-electron chi connectivity index (χ2n) is 10.5. The molecule has 0 saturated carbocycles. The van der Waals surface area contributed by atoms with Gasteiger partial charge in [0.2, 0.25) is 17.7 Å². The number of nitrogens with zero attached hydrogens (tertiary/aromatic N) is 2. The van der Waals surface area contributed by atoms with Crippen LogP contribution >= 0.6 is 0 Å². The molecule has 3 aromatic rings. The number of benzene rings is 2. The Balaban J connectivity index is 2.09. The van der Waals surface area contributed by atoms with Crippen molar-refractivity contribution >= 4 is 35.0 Å². The largest absolute Gasteiger partial charge is 0.493 e. The molecular weight excluding hydrogens is 528 g/mol. The number of methoxy groups -OCH3 is 2. The molecule has 0 radical (unpaired) electrons. The molecular formula is C30H36N4O7. The summed E-state index contributed by atoms with van der Waals surface area (Å²) in [4.78, 5) is 53.8. The molecule has 11 nitrogen and oxygen atoms in total. The van der Waals surface area contributed by atoms with Crippen molar-refractivity contribution in [3.8, 4) is 11.5 Å². The van der Waals surface area contributed by atoms with Crippen molar-refractivity contribution in [3.05, 3.63) is 65.4 Å². The number of hydrogen-bond donors (Lipinski definition) is 2. The lowest BCUT2D eigenvalue weighted by Gasteiger charge is -2.34. The number of ketones is 1. The van der Waals surface area contributed by atoms with Crippen LogP contribution in [0.4, 0.5) is 11.5 Å². The molecule has 1 atom stereocenters. The monoisotopic (exact) mass is 564 g/mol. The van der Waals surface area contributed by atoms with Gasteiger partial charge in [-0.05, 0) is 65.0 Å². The van der Waals surface area contributed by atoms with E-state index in [4.69, 9.17) is 14.0 Å². The van der Waals surface area contributed by atoms with E-state index in [1.807, 2.05) is 20.8 Å². The molecule has 2 N–H and O–H groups in total. The van der Waals surface area contributed by atoms with Crippen molar-refractivity contribution in [2.75, 3.05) is 24.4 Å². The number of amides is 3. The third-order valence-electron chi connectivity index (χ3n) is 6.01. The second-order valence-corrected chi connectivity index (χ2v) is 10.5. The highest BCUT2D eigenvalue weighted by atomic mass is 16.5. The summed E-state index contributed by atoms with van der Waals surface area (Å²) in [5, 5.41) is 9.30. The summed E-state index contributed by atoms with van der Waals surface area (Å²) in [6.45, 7) is 8.61. The number of Topliss-reactive ketones (excluding diaryl/α,β-unsaturated/α-hetero) is 1. The van der Waals surface area contributed by atoms with Crippen LogP contribution in [0.15, 0.2) is 53.1 Å².